The molecule has 0 spiro atoms. The maximum atomic E-state index is 11.0. The Balaban J connectivity index is 2.63. The fourth-order valence-corrected chi connectivity index (χ4v) is 1.25. The molecule has 0 bridgehead atoms. The van der Waals surface area contributed by atoms with Crippen molar-refractivity contribution in [2.24, 2.45) is 0 Å². The first-order chi connectivity index (χ1) is 6.22. The molecule has 0 aliphatic rings. The van der Waals surface area contributed by atoms with Gasteiger partial charge in [0.05, 0.1) is 6.42 Å². The van der Waals surface area contributed by atoms with E-state index in [4.69, 9.17) is 11.6 Å². The monoisotopic (exact) mass is 196 g/mol. The normalized spacial score (nSPS) is 9.62. The highest BCUT2D eigenvalue weighted by Gasteiger charge is 2.02. The minimum absolute atomic E-state index is 0.0213. The molecule has 0 unspecified atom stereocenters. The van der Waals surface area contributed by atoms with Crippen molar-refractivity contribution in [3.05, 3.63) is 34.9 Å². The number of halogens is 1. The Morgan fingerprint density at radius 2 is 2.23 bits per heavy atom. The molecule has 1 aromatic rings. The zero-order valence-electron chi connectivity index (χ0n) is 7.00. The molecule has 0 amide bonds. The van der Waals surface area contributed by atoms with E-state index in [9.17, 15) is 9.59 Å². The molecular weight excluding hydrogens is 188 g/mol. The van der Waals surface area contributed by atoms with Crippen LogP contribution in [0.2, 0.25) is 5.02 Å². The van der Waals surface area contributed by atoms with Crippen LogP contribution >= 0.6 is 11.6 Å². The van der Waals surface area contributed by atoms with Crippen LogP contribution in [0, 0.1) is 0 Å². The molecule has 0 aromatic heterocycles. The molecule has 2 nitrogen and oxygen atoms in total. The van der Waals surface area contributed by atoms with Crippen molar-refractivity contribution in [1.82, 2.24) is 0 Å². The second-order valence-corrected chi connectivity index (χ2v) is 3.15. The fraction of sp³-hybridized carbons (Fsp3) is 0.200. The number of hydrogen-bond donors (Lipinski definition) is 0. The first kappa shape index (κ1) is 9.93. The van der Waals surface area contributed by atoms with Gasteiger partial charge in [0.15, 0.2) is 0 Å². The molecular formula is C10H9ClO2. The van der Waals surface area contributed by atoms with Crippen LogP contribution in [0.5, 0.6) is 0 Å². The van der Waals surface area contributed by atoms with E-state index in [0.717, 1.165) is 5.56 Å². The van der Waals surface area contributed by atoms with E-state index in [1.807, 2.05) is 6.07 Å². The van der Waals surface area contributed by atoms with Crippen LogP contribution in [0.1, 0.15) is 12.0 Å². The van der Waals surface area contributed by atoms with E-state index >= 15 is 0 Å². The molecule has 68 valence electrons. The van der Waals surface area contributed by atoms with Crippen LogP contribution in [0.4, 0.5) is 0 Å². The SMILES string of the molecule is O=CCC(=O)Cc1cccc(Cl)c1. The topological polar surface area (TPSA) is 34.1 Å². The molecule has 1 rings (SSSR count). The van der Waals surface area contributed by atoms with Gasteiger partial charge in [0.2, 0.25) is 0 Å². The van der Waals surface area contributed by atoms with Crippen LogP contribution in [0.3, 0.4) is 0 Å². The lowest BCUT2D eigenvalue weighted by molar-refractivity contribution is -0.121. The van der Waals surface area contributed by atoms with Gasteiger partial charge in [0.25, 0.3) is 0 Å². The van der Waals surface area contributed by atoms with Gasteiger partial charge in [-0.25, -0.2) is 0 Å². The molecule has 0 aliphatic carbocycles. The molecule has 0 heterocycles. The summed E-state index contributed by atoms with van der Waals surface area (Å²) in [6, 6.07) is 7.07. The molecule has 13 heavy (non-hydrogen) atoms. The van der Waals surface area contributed by atoms with Crippen LogP contribution < -0.4 is 0 Å². The summed E-state index contributed by atoms with van der Waals surface area (Å²) in [5.41, 5.74) is 0.847. The number of aldehydes is 1. The average Bonchev–Trinajstić information content (AvgIpc) is 2.04. The van der Waals surface area contributed by atoms with E-state index < -0.39 is 0 Å². The standard InChI is InChI=1S/C10H9ClO2/c11-9-3-1-2-8(6-9)7-10(13)4-5-12/h1-3,5-6H,4,7H2. The highest BCUT2D eigenvalue weighted by atomic mass is 35.5. The van der Waals surface area contributed by atoms with Gasteiger partial charge in [-0.2, -0.15) is 0 Å². The Kier molecular flexibility index (Phi) is 3.65. The van der Waals surface area contributed by atoms with Crippen molar-refractivity contribution in [2.45, 2.75) is 12.8 Å². The first-order valence-electron chi connectivity index (χ1n) is 3.92. The Hall–Kier alpha value is -1.15. The Morgan fingerprint density at radius 1 is 1.46 bits per heavy atom. The third-order valence-corrected chi connectivity index (χ3v) is 1.84. The van der Waals surface area contributed by atoms with E-state index in [0.29, 0.717) is 11.3 Å². The van der Waals surface area contributed by atoms with Gasteiger partial charge in [-0.3, -0.25) is 4.79 Å². The van der Waals surface area contributed by atoms with Gasteiger partial charge in [0.1, 0.15) is 12.1 Å². The van der Waals surface area contributed by atoms with Gasteiger partial charge in [-0.05, 0) is 17.7 Å². The van der Waals surface area contributed by atoms with Gasteiger partial charge in [0, 0.05) is 11.4 Å². The summed E-state index contributed by atoms with van der Waals surface area (Å²) < 4.78 is 0. The van der Waals surface area contributed by atoms with Crippen LogP contribution in [-0.4, -0.2) is 12.1 Å². The highest BCUT2D eigenvalue weighted by Crippen LogP contribution is 2.11. The number of carbonyl (C=O) groups is 2. The first-order valence-corrected chi connectivity index (χ1v) is 4.30. The van der Waals surface area contributed by atoms with E-state index in [1.165, 1.54) is 0 Å². The van der Waals surface area contributed by atoms with E-state index in [2.05, 4.69) is 0 Å². The minimum atomic E-state index is -0.0859. The van der Waals surface area contributed by atoms with Crippen molar-refractivity contribution >= 4 is 23.7 Å². The lowest BCUT2D eigenvalue weighted by Gasteiger charge is -1.98. The minimum Gasteiger partial charge on any atom is -0.303 e. The Bertz CT molecular complexity index is 320. The third kappa shape index (κ3) is 3.38. The maximum absolute atomic E-state index is 11.0. The average molecular weight is 197 g/mol. The number of benzene rings is 1. The largest absolute Gasteiger partial charge is 0.303 e. The molecule has 1 aromatic carbocycles. The summed E-state index contributed by atoms with van der Waals surface area (Å²) in [6.45, 7) is 0. The quantitative estimate of drug-likeness (QED) is 0.546. The summed E-state index contributed by atoms with van der Waals surface area (Å²) >= 11 is 5.72. The molecule has 3 heteroatoms. The summed E-state index contributed by atoms with van der Waals surface area (Å²) in [5.74, 6) is -0.0859. The number of Topliss-reactive ketones (excluding diaryl/α,β-unsaturated/α-hetero) is 1. The second kappa shape index (κ2) is 4.77. The summed E-state index contributed by atoms with van der Waals surface area (Å²) in [6.07, 6.45) is 0.874. The van der Waals surface area contributed by atoms with Gasteiger partial charge >= 0.3 is 0 Å². The van der Waals surface area contributed by atoms with Crippen molar-refractivity contribution in [2.75, 3.05) is 0 Å². The van der Waals surface area contributed by atoms with Crippen molar-refractivity contribution in [3.63, 3.8) is 0 Å². The van der Waals surface area contributed by atoms with Crippen molar-refractivity contribution in [3.8, 4) is 0 Å². The Labute approximate surface area is 81.5 Å². The number of hydrogen-bond acceptors (Lipinski definition) is 2. The molecule has 0 saturated heterocycles. The summed E-state index contributed by atoms with van der Waals surface area (Å²) in [4.78, 5) is 21.1. The fourth-order valence-electron chi connectivity index (χ4n) is 1.04. The molecule has 0 N–H and O–H groups in total. The third-order valence-electron chi connectivity index (χ3n) is 1.60. The molecule has 0 fully saturated rings. The number of ketones is 1. The zero-order chi connectivity index (χ0) is 9.68. The van der Waals surface area contributed by atoms with Gasteiger partial charge in [-0.1, -0.05) is 23.7 Å². The molecule has 0 atom stereocenters. The smallest absolute Gasteiger partial charge is 0.144 e. The van der Waals surface area contributed by atoms with Crippen molar-refractivity contribution in [1.29, 1.82) is 0 Å². The Morgan fingerprint density at radius 3 is 2.85 bits per heavy atom. The van der Waals surface area contributed by atoms with Crippen LogP contribution in [0.15, 0.2) is 24.3 Å². The van der Waals surface area contributed by atoms with E-state index in [1.54, 1.807) is 18.2 Å². The molecule has 0 saturated carbocycles. The van der Waals surface area contributed by atoms with E-state index in [-0.39, 0.29) is 18.6 Å². The summed E-state index contributed by atoms with van der Waals surface area (Å²) in [7, 11) is 0. The van der Waals surface area contributed by atoms with Crippen LogP contribution in [-0.2, 0) is 16.0 Å². The maximum Gasteiger partial charge on any atom is 0.144 e. The summed E-state index contributed by atoms with van der Waals surface area (Å²) in [5, 5.41) is 0.608. The van der Waals surface area contributed by atoms with Gasteiger partial charge < -0.3 is 4.79 Å². The second-order valence-electron chi connectivity index (χ2n) is 2.72. The molecule has 0 radical (unpaired) electrons. The molecule has 0 aliphatic heterocycles. The number of rotatable bonds is 4. The van der Waals surface area contributed by atoms with Crippen LogP contribution in [0.25, 0.3) is 0 Å². The van der Waals surface area contributed by atoms with Gasteiger partial charge in [-0.15, -0.1) is 0 Å². The predicted octanol–water partition coefficient (Wildman–Crippen LogP) is 2.04. The van der Waals surface area contributed by atoms with Crippen molar-refractivity contribution < 1.29 is 9.59 Å². The lowest BCUT2D eigenvalue weighted by atomic mass is 10.1. The lowest BCUT2D eigenvalue weighted by Crippen LogP contribution is -2.02. The highest BCUT2D eigenvalue weighted by molar-refractivity contribution is 6.30. The predicted molar refractivity (Wildman–Crippen MR) is 50.8 cm³/mol. The zero-order valence-corrected chi connectivity index (χ0v) is 7.75. The number of carbonyl (C=O) groups excluding carboxylic acids is 2.